The van der Waals surface area contributed by atoms with Gasteiger partial charge in [0.05, 0.1) is 23.4 Å². The zero-order chi connectivity index (χ0) is 21.7. The van der Waals surface area contributed by atoms with Crippen molar-refractivity contribution in [1.82, 2.24) is 10.3 Å². The normalized spacial score (nSPS) is 14.7. The Labute approximate surface area is 162 Å². The average Bonchev–Trinajstić information content (AvgIpc) is 2.75. The van der Waals surface area contributed by atoms with Gasteiger partial charge >= 0.3 is 6.18 Å². The van der Waals surface area contributed by atoms with E-state index in [-0.39, 0.29) is 35.3 Å². The maximum Gasteiger partial charge on any atom is 0.418 e. The number of nitrogens with two attached hydrogens (primary N) is 1. The fourth-order valence-corrected chi connectivity index (χ4v) is 2.19. The maximum atomic E-state index is 12.1. The Kier molecular flexibility index (Phi) is 7.75. The van der Waals surface area contributed by atoms with Crippen molar-refractivity contribution in [2.75, 3.05) is 18.9 Å². The van der Waals surface area contributed by atoms with Crippen LogP contribution >= 0.6 is 0 Å². The standard InChI is InChI=1S/C12H19NO3.C7H7F3N2/c1-8-9(11(15)13-10(8)14)7-16-6-5-12(2,3)4;1-4-5(7(8,9)10)2-3-6(11)12-4/h5-7H2,1-4H3,(H,13,14,15);2-3H,1H3,(H2,11,12). The van der Waals surface area contributed by atoms with Gasteiger partial charge < -0.3 is 10.5 Å². The van der Waals surface area contributed by atoms with Crippen LogP contribution in [0.5, 0.6) is 0 Å². The van der Waals surface area contributed by atoms with Crippen LogP contribution in [0.15, 0.2) is 23.3 Å². The fraction of sp³-hybridized carbons (Fsp3) is 0.526. The Morgan fingerprint density at radius 2 is 1.71 bits per heavy atom. The molecule has 2 heterocycles. The smallest absolute Gasteiger partial charge is 0.384 e. The van der Waals surface area contributed by atoms with Crippen LogP contribution in [0, 0.1) is 12.3 Å². The Hall–Kier alpha value is -2.42. The number of alkyl halides is 3. The maximum absolute atomic E-state index is 12.1. The lowest BCUT2D eigenvalue weighted by Crippen LogP contribution is -2.24. The van der Waals surface area contributed by atoms with E-state index in [1.54, 1.807) is 6.92 Å². The van der Waals surface area contributed by atoms with Gasteiger partial charge in [-0.2, -0.15) is 13.2 Å². The number of pyridine rings is 1. The number of nitrogens with one attached hydrogen (secondary N) is 1. The molecule has 0 spiro atoms. The van der Waals surface area contributed by atoms with Crippen molar-refractivity contribution in [1.29, 1.82) is 0 Å². The lowest BCUT2D eigenvalue weighted by molar-refractivity contribution is -0.138. The van der Waals surface area contributed by atoms with Crippen LogP contribution in [-0.4, -0.2) is 30.0 Å². The molecule has 0 atom stereocenters. The Balaban J connectivity index is 0.000000292. The van der Waals surface area contributed by atoms with E-state index in [0.717, 1.165) is 18.6 Å². The molecule has 0 aliphatic carbocycles. The first-order chi connectivity index (χ1) is 12.7. The molecule has 3 N–H and O–H groups in total. The van der Waals surface area contributed by atoms with Gasteiger partial charge in [0.15, 0.2) is 0 Å². The molecule has 9 heteroatoms. The van der Waals surface area contributed by atoms with Crippen molar-refractivity contribution < 1.29 is 27.5 Å². The van der Waals surface area contributed by atoms with Crippen LogP contribution < -0.4 is 11.1 Å². The highest BCUT2D eigenvalue weighted by Gasteiger charge is 2.32. The van der Waals surface area contributed by atoms with Crippen LogP contribution in [0.25, 0.3) is 0 Å². The van der Waals surface area contributed by atoms with Gasteiger partial charge in [0.1, 0.15) is 5.82 Å². The van der Waals surface area contributed by atoms with Gasteiger partial charge in [-0.05, 0) is 37.8 Å². The molecule has 1 aliphatic rings. The predicted molar refractivity (Wildman–Crippen MR) is 99.1 cm³/mol. The van der Waals surface area contributed by atoms with E-state index < -0.39 is 11.7 Å². The summed E-state index contributed by atoms with van der Waals surface area (Å²) in [5, 5.41) is 2.24. The van der Waals surface area contributed by atoms with E-state index in [1.165, 1.54) is 6.92 Å². The fourth-order valence-electron chi connectivity index (χ4n) is 2.19. The Morgan fingerprint density at radius 3 is 2.14 bits per heavy atom. The second-order valence-electron chi connectivity index (χ2n) is 7.62. The predicted octanol–water partition coefficient (Wildman–Crippen LogP) is 3.40. The number of hydrogen-bond donors (Lipinski definition) is 2. The molecule has 0 aromatic carbocycles. The molecular formula is C19H26F3N3O3. The van der Waals surface area contributed by atoms with Crippen molar-refractivity contribution in [2.24, 2.45) is 5.41 Å². The summed E-state index contributed by atoms with van der Waals surface area (Å²) in [7, 11) is 0. The highest BCUT2D eigenvalue weighted by molar-refractivity contribution is 6.19. The molecule has 28 heavy (non-hydrogen) atoms. The molecular weight excluding hydrogens is 375 g/mol. The van der Waals surface area contributed by atoms with Crippen LogP contribution in [0.3, 0.4) is 0 Å². The third-order valence-electron chi connectivity index (χ3n) is 3.95. The summed E-state index contributed by atoms with van der Waals surface area (Å²) >= 11 is 0. The summed E-state index contributed by atoms with van der Waals surface area (Å²) in [4.78, 5) is 26.0. The number of carbonyl (C=O) groups excluding carboxylic acids is 2. The molecule has 1 aromatic rings. The summed E-state index contributed by atoms with van der Waals surface area (Å²) in [5.41, 5.74) is 5.51. The number of nitrogens with zero attached hydrogens (tertiary/aromatic N) is 1. The molecule has 1 aliphatic heterocycles. The molecule has 0 unspecified atom stereocenters. The molecule has 0 fully saturated rings. The minimum absolute atomic E-state index is 0.0949. The molecule has 2 rings (SSSR count). The highest BCUT2D eigenvalue weighted by Crippen LogP contribution is 2.31. The van der Waals surface area contributed by atoms with Crippen molar-refractivity contribution in [3.8, 4) is 0 Å². The van der Waals surface area contributed by atoms with Crippen molar-refractivity contribution >= 4 is 17.6 Å². The number of rotatable bonds is 4. The van der Waals surface area contributed by atoms with E-state index in [2.05, 4.69) is 31.1 Å². The zero-order valence-corrected chi connectivity index (χ0v) is 16.7. The lowest BCUT2D eigenvalue weighted by Gasteiger charge is -2.17. The summed E-state index contributed by atoms with van der Waals surface area (Å²) in [6.07, 6.45) is -3.42. The van der Waals surface area contributed by atoms with E-state index >= 15 is 0 Å². The van der Waals surface area contributed by atoms with E-state index in [0.29, 0.717) is 17.8 Å². The van der Waals surface area contributed by atoms with E-state index in [4.69, 9.17) is 10.5 Å². The second-order valence-corrected chi connectivity index (χ2v) is 7.62. The van der Waals surface area contributed by atoms with Gasteiger partial charge in [-0.15, -0.1) is 0 Å². The number of carbonyl (C=O) groups is 2. The summed E-state index contributed by atoms with van der Waals surface area (Å²) < 4.78 is 41.7. The van der Waals surface area contributed by atoms with Crippen molar-refractivity contribution in [2.45, 2.75) is 47.2 Å². The topological polar surface area (TPSA) is 94.3 Å². The molecule has 6 nitrogen and oxygen atoms in total. The van der Waals surface area contributed by atoms with Gasteiger partial charge in [-0.1, -0.05) is 20.8 Å². The van der Waals surface area contributed by atoms with Crippen molar-refractivity contribution in [3.05, 3.63) is 34.5 Å². The molecule has 0 radical (unpaired) electrons. The van der Waals surface area contributed by atoms with Gasteiger partial charge in [-0.25, -0.2) is 4.98 Å². The van der Waals surface area contributed by atoms with Crippen LogP contribution in [0.1, 0.15) is 45.4 Å². The van der Waals surface area contributed by atoms with E-state index in [9.17, 15) is 22.8 Å². The minimum Gasteiger partial charge on any atom is -0.384 e. The van der Waals surface area contributed by atoms with Gasteiger partial charge in [0.25, 0.3) is 11.8 Å². The number of anilines is 1. The van der Waals surface area contributed by atoms with Gasteiger partial charge in [0.2, 0.25) is 0 Å². The molecule has 0 bridgehead atoms. The summed E-state index contributed by atoms with van der Waals surface area (Å²) in [6.45, 7) is 10.1. The number of halogens is 3. The minimum atomic E-state index is -4.34. The average molecular weight is 401 g/mol. The first-order valence-electron chi connectivity index (χ1n) is 8.66. The Bertz CT molecular complexity index is 766. The highest BCUT2D eigenvalue weighted by atomic mass is 19.4. The van der Waals surface area contributed by atoms with Crippen molar-refractivity contribution in [3.63, 3.8) is 0 Å². The largest absolute Gasteiger partial charge is 0.418 e. The Morgan fingerprint density at radius 1 is 1.11 bits per heavy atom. The number of amides is 2. The number of ether oxygens (including phenoxy) is 1. The number of aryl methyl sites for hydroxylation is 1. The van der Waals surface area contributed by atoms with Gasteiger partial charge in [0, 0.05) is 12.2 Å². The molecule has 0 saturated carbocycles. The van der Waals surface area contributed by atoms with E-state index in [1.807, 2.05) is 0 Å². The zero-order valence-electron chi connectivity index (χ0n) is 16.7. The molecule has 0 saturated heterocycles. The lowest BCUT2D eigenvalue weighted by atomic mass is 9.93. The number of imide groups is 1. The number of nitrogen functional groups attached to an aromatic ring is 1. The number of aromatic nitrogens is 1. The summed E-state index contributed by atoms with van der Waals surface area (Å²) in [5.74, 6) is -0.529. The third kappa shape index (κ3) is 7.30. The monoisotopic (exact) mass is 401 g/mol. The van der Waals surface area contributed by atoms with Crippen LogP contribution in [0.2, 0.25) is 0 Å². The van der Waals surface area contributed by atoms with Gasteiger partial charge in [-0.3, -0.25) is 14.9 Å². The molecule has 156 valence electrons. The molecule has 2 amide bonds. The SMILES string of the molecule is CC1=C(COCCC(C)(C)C)C(=O)NC1=O.Cc1nc(N)ccc1C(F)(F)F. The quantitative estimate of drug-likeness (QED) is 0.596. The summed E-state index contributed by atoms with van der Waals surface area (Å²) in [6, 6.07) is 2.06. The van der Waals surface area contributed by atoms with Crippen LogP contribution in [0.4, 0.5) is 19.0 Å². The first kappa shape index (κ1) is 23.6. The molecule has 1 aromatic heterocycles. The first-order valence-corrected chi connectivity index (χ1v) is 8.66. The van der Waals surface area contributed by atoms with Crippen LogP contribution in [-0.2, 0) is 20.5 Å². The number of hydrogen-bond acceptors (Lipinski definition) is 5. The third-order valence-corrected chi connectivity index (χ3v) is 3.95. The second kappa shape index (κ2) is 9.18.